The summed E-state index contributed by atoms with van der Waals surface area (Å²) in [5.41, 5.74) is 8.34. The second-order valence-corrected chi connectivity index (χ2v) is 4.38. The number of rotatable bonds is 4. The van der Waals surface area contributed by atoms with Crippen LogP contribution in [0.5, 0.6) is 5.75 Å². The molecule has 0 aliphatic carbocycles. The minimum Gasteiger partial charge on any atom is -0.497 e. The molecule has 1 aromatic carbocycles. The molecule has 0 unspecified atom stereocenters. The number of ether oxygens (including phenoxy) is 1. The average molecular weight is 258 g/mol. The van der Waals surface area contributed by atoms with Gasteiger partial charge in [0.2, 0.25) is 5.95 Å². The summed E-state index contributed by atoms with van der Waals surface area (Å²) in [6, 6.07) is 9.68. The quantitative estimate of drug-likeness (QED) is 0.904. The molecule has 2 aromatic rings. The summed E-state index contributed by atoms with van der Waals surface area (Å²) < 4.78 is 5.23. The van der Waals surface area contributed by atoms with E-state index in [0.29, 0.717) is 12.5 Å². The summed E-state index contributed by atoms with van der Waals surface area (Å²) in [5, 5.41) is 0. The molecule has 0 fully saturated rings. The predicted octanol–water partition coefficient (Wildman–Crippen LogP) is 1.68. The molecule has 0 amide bonds. The van der Waals surface area contributed by atoms with Crippen LogP contribution in [0.4, 0.5) is 5.95 Å². The van der Waals surface area contributed by atoms with E-state index in [1.165, 1.54) is 0 Å². The van der Waals surface area contributed by atoms with Gasteiger partial charge in [-0.3, -0.25) is 0 Å². The van der Waals surface area contributed by atoms with Crippen molar-refractivity contribution in [2.45, 2.75) is 6.54 Å². The van der Waals surface area contributed by atoms with Gasteiger partial charge in [0.1, 0.15) is 5.75 Å². The minimum atomic E-state index is 0.389. The first kappa shape index (κ1) is 13.3. The van der Waals surface area contributed by atoms with E-state index in [0.717, 1.165) is 22.7 Å². The summed E-state index contributed by atoms with van der Waals surface area (Å²) in [6.45, 7) is 0.389. The highest BCUT2D eigenvalue weighted by Crippen LogP contribution is 2.24. The lowest BCUT2D eigenvalue weighted by molar-refractivity contribution is 0.415. The van der Waals surface area contributed by atoms with Crippen molar-refractivity contribution in [3.05, 3.63) is 36.0 Å². The molecule has 5 heteroatoms. The standard InChI is InChI=1S/C14H18N4O/c1-18(2)14-16-11(9-15)8-13(17-14)10-5-4-6-12(7-10)19-3/h4-8H,9,15H2,1-3H3. The molecule has 1 heterocycles. The van der Waals surface area contributed by atoms with E-state index in [9.17, 15) is 0 Å². The largest absolute Gasteiger partial charge is 0.497 e. The van der Waals surface area contributed by atoms with Crippen LogP contribution >= 0.6 is 0 Å². The van der Waals surface area contributed by atoms with Gasteiger partial charge in [-0.25, -0.2) is 9.97 Å². The molecule has 0 atom stereocenters. The third-order valence-electron chi connectivity index (χ3n) is 2.74. The van der Waals surface area contributed by atoms with Crippen molar-refractivity contribution in [3.63, 3.8) is 0 Å². The van der Waals surface area contributed by atoms with Crippen LogP contribution in [0.15, 0.2) is 30.3 Å². The number of hydrogen-bond acceptors (Lipinski definition) is 5. The lowest BCUT2D eigenvalue weighted by Gasteiger charge is -2.13. The highest BCUT2D eigenvalue weighted by molar-refractivity contribution is 5.62. The van der Waals surface area contributed by atoms with E-state index in [1.54, 1.807) is 7.11 Å². The zero-order valence-corrected chi connectivity index (χ0v) is 11.4. The van der Waals surface area contributed by atoms with Crippen LogP contribution in [0.1, 0.15) is 5.69 Å². The van der Waals surface area contributed by atoms with Crippen LogP contribution < -0.4 is 15.4 Å². The first-order valence-corrected chi connectivity index (χ1v) is 6.04. The SMILES string of the molecule is COc1cccc(-c2cc(CN)nc(N(C)C)n2)c1. The van der Waals surface area contributed by atoms with E-state index < -0.39 is 0 Å². The summed E-state index contributed by atoms with van der Waals surface area (Å²) in [4.78, 5) is 10.8. The Hall–Kier alpha value is -2.14. The van der Waals surface area contributed by atoms with E-state index in [4.69, 9.17) is 10.5 Å². The monoisotopic (exact) mass is 258 g/mol. The number of benzene rings is 1. The van der Waals surface area contributed by atoms with E-state index >= 15 is 0 Å². The lowest BCUT2D eigenvalue weighted by Crippen LogP contribution is -2.15. The fraction of sp³-hybridized carbons (Fsp3) is 0.286. The fourth-order valence-electron chi connectivity index (χ4n) is 1.72. The number of nitrogens with zero attached hydrogens (tertiary/aromatic N) is 3. The number of aromatic nitrogens is 2. The third kappa shape index (κ3) is 3.00. The summed E-state index contributed by atoms with van der Waals surface area (Å²) in [7, 11) is 5.46. The Morgan fingerprint density at radius 1 is 1.21 bits per heavy atom. The Balaban J connectivity index is 2.50. The summed E-state index contributed by atoms with van der Waals surface area (Å²) >= 11 is 0. The lowest BCUT2D eigenvalue weighted by atomic mass is 10.1. The maximum Gasteiger partial charge on any atom is 0.225 e. The van der Waals surface area contributed by atoms with Gasteiger partial charge < -0.3 is 15.4 Å². The molecule has 0 saturated carbocycles. The van der Waals surface area contributed by atoms with Gasteiger partial charge in [0.15, 0.2) is 0 Å². The smallest absolute Gasteiger partial charge is 0.225 e. The Morgan fingerprint density at radius 3 is 2.63 bits per heavy atom. The number of methoxy groups -OCH3 is 1. The van der Waals surface area contributed by atoms with Crippen molar-refractivity contribution < 1.29 is 4.74 Å². The van der Waals surface area contributed by atoms with Crippen LogP contribution in [-0.2, 0) is 6.54 Å². The van der Waals surface area contributed by atoms with Gasteiger partial charge in [0, 0.05) is 26.2 Å². The number of hydrogen-bond donors (Lipinski definition) is 1. The maximum atomic E-state index is 5.69. The van der Waals surface area contributed by atoms with Gasteiger partial charge in [-0.05, 0) is 18.2 Å². The Labute approximate surface area is 113 Å². The Bertz CT molecular complexity index is 569. The zero-order chi connectivity index (χ0) is 13.8. The van der Waals surface area contributed by atoms with Crippen molar-refractivity contribution in [3.8, 4) is 17.0 Å². The van der Waals surface area contributed by atoms with Gasteiger partial charge in [0.05, 0.1) is 18.5 Å². The molecule has 0 radical (unpaired) electrons. The van der Waals surface area contributed by atoms with Crippen LogP contribution in [0.25, 0.3) is 11.3 Å². The molecule has 2 N–H and O–H groups in total. The molecule has 100 valence electrons. The van der Waals surface area contributed by atoms with E-state index in [1.807, 2.05) is 49.3 Å². The van der Waals surface area contributed by atoms with Crippen LogP contribution in [0, 0.1) is 0 Å². The molecule has 0 bridgehead atoms. The van der Waals surface area contributed by atoms with Gasteiger partial charge in [-0.2, -0.15) is 0 Å². The number of anilines is 1. The maximum absolute atomic E-state index is 5.69. The molecule has 0 aliphatic rings. The molecular formula is C14H18N4O. The van der Waals surface area contributed by atoms with Gasteiger partial charge in [-0.1, -0.05) is 12.1 Å². The molecule has 0 aliphatic heterocycles. The normalized spacial score (nSPS) is 10.3. The van der Waals surface area contributed by atoms with Crippen molar-refractivity contribution in [1.82, 2.24) is 9.97 Å². The first-order chi connectivity index (χ1) is 9.13. The van der Waals surface area contributed by atoms with Gasteiger partial charge in [0.25, 0.3) is 0 Å². The highest BCUT2D eigenvalue weighted by atomic mass is 16.5. The zero-order valence-electron chi connectivity index (χ0n) is 11.4. The van der Waals surface area contributed by atoms with Crippen LogP contribution in [0.3, 0.4) is 0 Å². The molecule has 0 spiro atoms. The topological polar surface area (TPSA) is 64.3 Å². The molecule has 5 nitrogen and oxygen atoms in total. The van der Waals surface area contributed by atoms with E-state index in [-0.39, 0.29) is 0 Å². The minimum absolute atomic E-state index is 0.389. The molecule has 1 aromatic heterocycles. The van der Waals surface area contributed by atoms with E-state index in [2.05, 4.69) is 9.97 Å². The fourth-order valence-corrected chi connectivity index (χ4v) is 1.72. The van der Waals surface area contributed by atoms with Crippen molar-refractivity contribution in [1.29, 1.82) is 0 Å². The van der Waals surface area contributed by atoms with Gasteiger partial charge in [-0.15, -0.1) is 0 Å². The summed E-state index contributed by atoms with van der Waals surface area (Å²) in [5.74, 6) is 1.46. The number of nitrogens with two attached hydrogens (primary N) is 1. The predicted molar refractivity (Wildman–Crippen MR) is 76.2 cm³/mol. The average Bonchev–Trinajstić information content (AvgIpc) is 2.46. The second kappa shape index (κ2) is 5.67. The molecule has 2 rings (SSSR count). The second-order valence-electron chi connectivity index (χ2n) is 4.38. The molecule has 19 heavy (non-hydrogen) atoms. The van der Waals surface area contributed by atoms with Gasteiger partial charge >= 0.3 is 0 Å². The Kier molecular flexibility index (Phi) is 3.97. The summed E-state index contributed by atoms with van der Waals surface area (Å²) in [6.07, 6.45) is 0. The third-order valence-corrected chi connectivity index (χ3v) is 2.74. The van der Waals surface area contributed by atoms with Crippen LogP contribution in [-0.4, -0.2) is 31.2 Å². The van der Waals surface area contributed by atoms with Crippen molar-refractivity contribution in [2.24, 2.45) is 5.73 Å². The molecular weight excluding hydrogens is 240 g/mol. The van der Waals surface area contributed by atoms with Crippen molar-refractivity contribution in [2.75, 3.05) is 26.1 Å². The Morgan fingerprint density at radius 2 is 2.00 bits per heavy atom. The van der Waals surface area contributed by atoms with Crippen LogP contribution in [0.2, 0.25) is 0 Å². The van der Waals surface area contributed by atoms with Crippen molar-refractivity contribution >= 4 is 5.95 Å². The first-order valence-electron chi connectivity index (χ1n) is 6.04. The highest BCUT2D eigenvalue weighted by Gasteiger charge is 2.08. The molecule has 0 saturated heterocycles.